The molecule has 7 nitrogen and oxygen atoms in total. The number of hydrogen-bond donors (Lipinski definition) is 1. The number of imidazole rings is 1. The summed E-state index contributed by atoms with van der Waals surface area (Å²) in [4.78, 5) is 19.0. The molecule has 0 aliphatic carbocycles. The number of carbonyl (C=O) groups excluding carboxylic acids is 1. The van der Waals surface area contributed by atoms with E-state index in [0.717, 1.165) is 35.1 Å². The van der Waals surface area contributed by atoms with Gasteiger partial charge in [0, 0.05) is 33.4 Å². The SMILES string of the molecule is CCC1=C(C(C)CC)Nc2nc3ccccc3n2C1OC(=O)N(C)CCOC.[HH]. The van der Waals surface area contributed by atoms with Crippen LogP contribution >= 0.6 is 0 Å². The Labute approximate surface area is 167 Å². The lowest BCUT2D eigenvalue weighted by Gasteiger charge is -2.34. The van der Waals surface area contributed by atoms with Gasteiger partial charge in [-0.1, -0.05) is 32.9 Å². The average molecular weight is 389 g/mol. The Balaban J connectivity index is 0.00000300. The fraction of sp³-hybridized carbons (Fsp3) is 0.524. The minimum absolute atomic E-state index is 0. The van der Waals surface area contributed by atoms with E-state index in [4.69, 9.17) is 14.5 Å². The molecule has 1 amide bonds. The normalized spacial score (nSPS) is 17.2. The molecule has 0 saturated heterocycles. The first kappa shape index (κ1) is 20.2. The molecule has 0 fully saturated rings. The van der Waals surface area contributed by atoms with Crippen LogP contribution in [0.15, 0.2) is 35.5 Å². The molecule has 2 aromatic rings. The number of fused-ring (bicyclic) bond motifs is 3. The quantitative estimate of drug-likeness (QED) is 0.749. The summed E-state index contributed by atoms with van der Waals surface area (Å²) in [7, 11) is 3.34. The van der Waals surface area contributed by atoms with Crippen LogP contribution < -0.4 is 5.32 Å². The Hall–Kier alpha value is -2.54. The molecule has 1 N–H and O–H groups in total. The number of hydrogen-bond acceptors (Lipinski definition) is 5. The van der Waals surface area contributed by atoms with Crippen LogP contribution in [0.3, 0.4) is 0 Å². The lowest BCUT2D eigenvalue weighted by atomic mass is 9.96. The van der Waals surface area contributed by atoms with E-state index in [1.54, 1.807) is 19.1 Å². The van der Waals surface area contributed by atoms with Crippen molar-refractivity contribution in [3.05, 3.63) is 35.5 Å². The van der Waals surface area contributed by atoms with E-state index in [0.29, 0.717) is 25.0 Å². The third-order valence-electron chi connectivity index (χ3n) is 5.36. The summed E-state index contributed by atoms with van der Waals surface area (Å²) in [6, 6.07) is 7.91. The number of amides is 1. The number of anilines is 1. The predicted octanol–water partition coefficient (Wildman–Crippen LogP) is 4.63. The van der Waals surface area contributed by atoms with E-state index in [2.05, 4.69) is 26.1 Å². The molecule has 7 heteroatoms. The highest BCUT2D eigenvalue weighted by Gasteiger charge is 2.34. The molecular formula is C21H32N4O3. The van der Waals surface area contributed by atoms with Crippen LogP contribution in [0.1, 0.15) is 41.3 Å². The number of allylic oxidation sites excluding steroid dienone is 1. The van der Waals surface area contributed by atoms with Gasteiger partial charge in [0.15, 0.2) is 0 Å². The molecule has 0 saturated carbocycles. The molecule has 1 aromatic heterocycles. The van der Waals surface area contributed by atoms with Gasteiger partial charge in [-0.2, -0.15) is 0 Å². The van der Waals surface area contributed by atoms with Crippen LogP contribution in [-0.2, 0) is 9.47 Å². The second kappa shape index (κ2) is 8.65. The highest BCUT2D eigenvalue weighted by molar-refractivity contribution is 5.80. The molecule has 28 heavy (non-hydrogen) atoms. The van der Waals surface area contributed by atoms with Crippen LogP contribution in [0.25, 0.3) is 11.0 Å². The van der Waals surface area contributed by atoms with Crippen molar-refractivity contribution in [2.45, 2.75) is 39.8 Å². The largest absolute Gasteiger partial charge is 0.421 e. The first-order valence-corrected chi connectivity index (χ1v) is 9.89. The number of ether oxygens (including phenoxy) is 2. The maximum absolute atomic E-state index is 12.8. The van der Waals surface area contributed by atoms with E-state index in [-0.39, 0.29) is 7.52 Å². The van der Waals surface area contributed by atoms with E-state index >= 15 is 0 Å². The third-order valence-corrected chi connectivity index (χ3v) is 5.36. The van der Waals surface area contributed by atoms with Gasteiger partial charge in [-0.3, -0.25) is 4.57 Å². The second-order valence-corrected chi connectivity index (χ2v) is 7.17. The molecule has 2 unspecified atom stereocenters. The first-order valence-electron chi connectivity index (χ1n) is 9.89. The molecular weight excluding hydrogens is 356 g/mol. The molecule has 1 aliphatic heterocycles. The lowest BCUT2D eigenvalue weighted by molar-refractivity contribution is 0.0462. The van der Waals surface area contributed by atoms with Gasteiger partial charge in [-0.15, -0.1) is 0 Å². The smallest absolute Gasteiger partial charge is 0.411 e. The van der Waals surface area contributed by atoms with Crippen LogP contribution in [0.4, 0.5) is 10.7 Å². The van der Waals surface area contributed by atoms with Crippen molar-refractivity contribution in [2.24, 2.45) is 5.92 Å². The Morgan fingerprint density at radius 2 is 2.14 bits per heavy atom. The zero-order chi connectivity index (χ0) is 20.3. The van der Waals surface area contributed by atoms with Crippen molar-refractivity contribution >= 4 is 23.1 Å². The third kappa shape index (κ3) is 3.71. The van der Waals surface area contributed by atoms with Gasteiger partial charge in [0.2, 0.25) is 12.2 Å². The van der Waals surface area contributed by atoms with Gasteiger partial charge in [0.1, 0.15) is 0 Å². The Kier molecular flexibility index (Phi) is 6.24. The van der Waals surface area contributed by atoms with Crippen molar-refractivity contribution in [1.82, 2.24) is 14.5 Å². The van der Waals surface area contributed by atoms with Crippen molar-refractivity contribution in [1.29, 1.82) is 0 Å². The minimum Gasteiger partial charge on any atom is -0.421 e. The maximum Gasteiger partial charge on any atom is 0.411 e. The van der Waals surface area contributed by atoms with Gasteiger partial charge < -0.3 is 19.7 Å². The molecule has 1 aliphatic rings. The summed E-state index contributed by atoms with van der Waals surface area (Å²) >= 11 is 0. The van der Waals surface area contributed by atoms with Gasteiger partial charge in [-0.05, 0) is 30.9 Å². The van der Waals surface area contributed by atoms with Gasteiger partial charge >= 0.3 is 6.09 Å². The Morgan fingerprint density at radius 3 is 2.82 bits per heavy atom. The van der Waals surface area contributed by atoms with Crippen molar-refractivity contribution in [2.75, 3.05) is 32.6 Å². The molecule has 3 rings (SSSR count). The number of aromatic nitrogens is 2. The molecule has 0 radical (unpaired) electrons. The van der Waals surface area contributed by atoms with Gasteiger partial charge in [0.05, 0.1) is 17.6 Å². The van der Waals surface area contributed by atoms with E-state index in [9.17, 15) is 4.79 Å². The predicted molar refractivity (Wildman–Crippen MR) is 112 cm³/mol. The maximum atomic E-state index is 12.8. The second-order valence-electron chi connectivity index (χ2n) is 7.17. The fourth-order valence-corrected chi connectivity index (χ4v) is 3.50. The molecule has 0 bridgehead atoms. The first-order chi connectivity index (χ1) is 13.5. The van der Waals surface area contributed by atoms with Crippen molar-refractivity contribution < 1.29 is 15.7 Å². The molecule has 2 atom stereocenters. The zero-order valence-corrected chi connectivity index (χ0v) is 17.4. The lowest BCUT2D eigenvalue weighted by Crippen LogP contribution is -2.35. The van der Waals surface area contributed by atoms with Crippen LogP contribution in [0, 0.1) is 5.92 Å². The number of carbonyl (C=O) groups is 1. The topological polar surface area (TPSA) is 68.6 Å². The van der Waals surface area contributed by atoms with Gasteiger partial charge in [-0.25, -0.2) is 9.78 Å². The number of rotatable bonds is 7. The summed E-state index contributed by atoms with van der Waals surface area (Å²) in [5, 5.41) is 3.51. The van der Waals surface area contributed by atoms with Gasteiger partial charge in [0.25, 0.3) is 0 Å². The number of para-hydroxylation sites is 2. The number of methoxy groups -OCH3 is 1. The van der Waals surface area contributed by atoms with E-state index < -0.39 is 6.23 Å². The summed E-state index contributed by atoms with van der Waals surface area (Å²) in [5.74, 6) is 1.03. The molecule has 154 valence electrons. The average Bonchev–Trinajstić information content (AvgIpc) is 3.09. The summed E-state index contributed by atoms with van der Waals surface area (Å²) in [6.07, 6.45) is 0.871. The van der Waals surface area contributed by atoms with Crippen LogP contribution in [-0.4, -0.2) is 47.9 Å². The molecule has 2 heterocycles. The van der Waals surface area contributed by atoms with E-state index in [1.165, 1.54) is 0 Å². The zero-order valence-electron chi connectivity index (χ0n) is 17.4. The van der Waals surface area contributed by atoms with Crippen molar-refractivity contribution in [3.63, 3.8) is 0 Å². The number of benzene rings is 1. The Bertz CT molecular complexity index is 880. The van der Waals surface area contributed by atoms with E-state index in [1.807, 2.05) is 28.8 Å². The monoisotopic (exact) mass is 388 g/mol. The summed E-state index contributed by atoms with van der Waals surface area (Å²) < 4.78 is 13.1. The van der Waals surface area contributed by atoms with Crippen LogP contribution in [0.2, 0.25) is 0 Å². The fourth-order valence-electron chi connectivity index (χ4n) is 3.50. The molecule has 1 aromatic carbocycles. The standard InChI is InChI=1S/C21H30N4O3.H2/c1-6-14(3)18-15(7-2)19(28-21(26)24(4)12-13-27-5)25-17-11-9-8-10-16(17)22-20(25)23-18;/h8-11,14,19H,6-7,12-13H2,1-5H3,(H,22,23);1H. The summed E-state index contributed by atoms with van der Waals surface area (Å²) in [6.45, 7) is 7.37. The summed E-state index contributed by atoms with van der Waals surface area (Å²) in [5.41, 5.74) is 4.00. The Morgan fingerprint density at radius 1 is 1.39 bits per heavy atom. The van der Waals surface area contributed by atoms with Crippen molar-refractivity contribution in [3.8, 4) is 0 Å². The highest BCUT2D eigenvalue weighted by Crippen LogP contribution is 2.39. The number of likely N-dealkylation sites (N-methyl/N-ethyl adjacent to an activating group) is 1. The number of nitrogens with one attached hydrogen (secondary N) is 1. The number of nitrogens with zero attached hydrogens (tertiary/aromatic N) is 3. The molecule has 0 spiro atoms. The van der Waals surface area contributed by atoms with Crippen LogP contribution in [0.5, 0.6) is 0 Å². The minimum atomic E-state index is -0.518. The highest BCUT2D eigenvalue weighted by atomic mass is 16.6.